The van der Waals surface area contributed by atoms with Gasteiger partial charge in [-0.25, -0.2) is 0 Å². The lowest BCUT2D eigenvalue weighted by molar-refractivity contribution is -0.142. The first kappa shape index (κ1) is 23.1. The van der Waals surface area contributed by atoms with Crippen LogP contribution in [-0.4, -0.2) is 45.0 Å². The number of amides is 5. The number of halogens is 3. The van der Waals surface area contributed by atoms with Gasteiger partial charge in [0.1, 0.15) is 11.2 Å². The molecule has 1 fully saturated rings. The highest BCUT2D eigenvalue weighted by Gasteiger charge is 2.48. The highest BCUT2D eigenvalue weighted by molar-refractivity contribution is 6.12. The standard InChI is InChI=1S/C22H17F3N4O5/c1-21(7-6-16(30)27-20(21)34)29-10-13-3-2-11(8-14(13)19(29)33)17(31)28-18(32)12-4-5-15(26-9-12)22(23,24)25/h2-5,8-9H,6-7,10H2,1H3,(H,27,30,34)(H,28,31,32)/t21-/m0/s1. The van der Waals surface area contributed by atoms with E-state index < -0.39 is 46.9 Å². The van der Waals surface area contributed by atoms with E-state index >= 15 is 0 Å². The summed E-state index contributed by atoms with van der Waals surface area (Å²) in [6.45, 7) is 1.66. The highest BCUT2D eigenvalue weighted by Crippen LogP contribution is 2.34. The van der Waals surface area contributed by atoms with E-state index in [1.807, 2.05) is 5.32 Å². The number of carbonyl (C=O) groups excluding carboxylic acids is 5. The molecule has 34 heavy (non-hydrogen) atoms. The average molecular weight is 474 g/mol. The Labute approximate surface area is 190 Å². The maximum Gasteiger partial charge on any atom is 0.433 e. The molecule has 1 aromatic heterocycles. The van der Waals surface area contributed by atoms with Crippen LogP contribution >= 0.6 is 0 Å². The fourth-order valence-electron chi connectivity index (χ4n) is 3.84. The maximum atomic E-state index is 13.0. The normalized spacial score (nSPS) is 20.1. The van der Waals surface area contributed by atoms with Gasteiger partial charge in [-0.3, -0.25) is 39.6 Å². The van der Waals surface area contributed by atoms with Gasteiger partial charge in [0.05, 0.1) is 5.56 Å². The fraction of sp³-hybridized carbons (Fsp3) is 0.273. The number of alkyl halides is 3. The van der Waals surface area contributed by atoms with Gasteiger partial charge < -0.3 is 4.90 Å². The average Bonchev–Trinajstić information content (AvgIpc) is 3.12. The summed E-state index contributed by atoms with van der Waals surface area (Å²) in [4.78, 5) is 66.2. The number of carbonyl (C=O) groups is 5. The van der Waals surface area contributed by atoms with Crippen molar-refractivity contribution < 1.29 is 37.1 Å². The minimum absolute atomic E-state index is 0.0319. The Morgan fingerprint density at radius 3 is 2.38 bits per heavy atom. The number of rotatable bonds is 3. The van der Waals surface area contributed by atoms with Gasteiger partial charge in [-0.15, -0.1) is 0 Å². The van der Waals surface area contributed by atoms with Crippen LogP contribution in [0.5, 0.6) is 0 Å². The van der Waals surface area contributed by atoms with Gasteiger partial charge in [0, 0.05) is 30.3 Å². The van der Waals surface area contributed by atoms with Gasteiger partial charge in [0.2, 0.25) is 5.91 Å². The van der Waals surface area contributed by atoms with Gasteiger partial charge in [-0.1, -0.05) is 6.07 Å². The van der Waals surface area contributed by atoms with Crippen molar-refractivity contribution in [2.45, 2.75) is 38.0 Å². The molecule has 0 spiro atoms. The molecule has 12 heteroatoms. The van der Waals surface area contributed by atoms with Crippen molar-refractivity contribution in [3.63, 3.8) is 0 Å². The first-order valence-corrected chi connectivity index (χ1v) is 10.1. The van der Waals surface area contributed by atoms with Crippen LogP contribution in [0.1, 0.15) is 62.1 Å². The fourth-order valence-corrected chi connectivity index (χ4v) is 3.84. The third-order valence-electron chi connectivity index (χ3n) is 5.90. The van der Waals surface area contributed by atoms with Crippen molar-refractivity contribution in [2.75, 3.05) is 0 Å². The molecule has 1 atom stereocenters. The SMILES string of the molecule is C[C@]1(N2Cc3ccc(C(=O)NC(=O)c4ccc(C(F)(F)F)nc4)cc3C2=O)CCC(=O)NC1=O. The minimum Gasteiger partial charge on any atom is -0.320 e. The molecule has 5 amide bonds. The molecule has 0 unspecified atom stereocenters. The van der Waals surface area contributed by atoms with E-state index in [2.05, 4.69) is 10.3 Å². The Kier molecular flexibility index (Phi) is 5.46. The number of imide groups is 2. The number of aromatic nitrogens is 1. The van der Waals surface area contributed by atoms with Crippen molar-refractivity contribution in [3.05, 3.63) is 64.5 Å². The van der Waals surface area contributed by atoms with Crippen molar-refractivity contribution in [3.8, 4) is 0 Å². The zero-order valence-corrected chi connectivity index (χ0v) is 17.7. The van der Waals surface area contributed by atoms with E-state index in [1.165, 1.54) is 23.1 Å². The van der Waals surface area contributed by atoms with E-state index in [0.717, 1.165) is 6.07 Å². The smallest absolute Gasteiger partial charge is 0.320 e. The molecule has 9 nitrogen and oxygen atoms in total. The van der Waals surface area contributed by atoms with Crippen LogP contribution in [0.4, 0.5) is 13.2 Å². The molecule has 0 aliphatic carbocycles. The van der Waals surface area contributed by atoms with Crippen LogP contribution < -0.4 is 10.6 Å². The number of fused-ring (bicyclic) bond motifs is 1. The number of pyridine rings is 1. The Morgan fingerprint density at radius 2 is 1.76 bits per heavy atom. The Hall–Kier alpha value is -4.09. The van der Waals surface area contributed by atoms with Gasteiger partial charge >= 0.3 is 6.18 Å². The summed E-state index contributed by atoms with van der Waals surface area (Å²) in [5.74, 6) is -3.34. The lowest BCUT2D eigenvalue weighted by Crippen LogP contribution is -2.61. The molecule has 2 aliphatic heterocycles. The summed E-state index contributed by atoms with van der Waals surface area (Å²) in [5, 5.41) is 4.28. The predicted molar refractivity (Wildman–Crippen MR) is 108 cm³/mol. The Balaban J connectivity index is 1.49. The van der Waals surface area contributed by atoms with Crippen LogP contribution in [0, 0.1) is 0 Å². The molecule has 0 radical (unpaired) electrons. The first-order chi connectivity index (χ1) is 15.9. The van der Waals surface area contributed by atoms with Crippen LogP contribution in [0.25, 0.3) is 0 Å². The summed E-state index contributed by atoms with van der Waals surface area (Å²) < 4.78 is 37.8. The third-order valence-corrected chi connectivity index (χ3v) is 5.90. The van der Waals surface area contributed by atoms with Gasteiger partial charge in [0.25, 0.3) is 23.6 Å². The Morgan fingerprint density at radius 1 is 1.09 bits per heavy atom. The number of benzene rings is 1. The monoisotopic (exact) mass is 474 g/mol. The molecule has 0 saturated carbocycles. The highest BCUT2D eigenvalue weighted by atomic mass is 19.4. The molecular formula is C22H17F3N4O5. The van der Waals surface area contributed by atoms with Crippen LogP contribution in [0.3, 0.4) is 0 Å². The largest absolute Gasteiger partial charge is 0.433 e. The van der Waals surface area contributed by atoms with Crippen molar-refractivity contribution in [1.82, 2.24) is 20.5 Å². The van der Waals surface area contributed by atoms with Crippen molar-refractivity contribution >= 4 is 29.5 Å². The molecule has 1 aromatic carbocycles. The molecule has 0 bridgehead atoms. The Bertz CT molecular complexity index is 1240. The first-order valence-electron chi connectivity index (χ1n) is 10.1. The number of piperidine rings is 1. The van der Waals surface area contributed by atoms with Gasteiger partial charge in [0.15, 0.2) is 0 Å². The third kappa shape index (κ3) is 4.02. The predicted octanol–water partition coefficient (Wildman–Crippen LogP) is 1.82. The topological polar surface area (TPSA) is 126 Å². The molecular weight excluding hydrogens is 457 g/mol. The van der Waals surface area contributed by atoms with E-state index in [1.54, 1.807) is 6.92 Å². The second kappa shape index (κ2) is 8.04. The van der Waals surface area contributed by atoms with Crippen molar-refractivity contribution in [2.24, 2.45) is 0 Å². The zero-order chi connectivity index (χ0) is 24.8. The summed E-state index contributed by atoms with van der Waals surface area (Å²) >= 11 is 0. The summed E-state index contributed by atoms with van der Waals surface area (Å²) in [6.07, 6.45) is -3.73. The maximum absolute atomic E-state index is 13.0. The molecule has 3 heterocycles. The summed E-state index contributed by atoms with van der Waals surface area (Å²) in [6, 6.07) is 5.69. The number of nitrogens with one attached hydrogen (secondary N) is 2. The van der Waals surface area contributed by atoms with Crippen LogP contribution in [0.15, 0.2) is 36.5 Å². The molecule has 4 rings (SSSR count). The lowest BCUT2D eigenvalue weighted by Gasteiger charge is -2.39. The number of hydrogen-bond acceptors (Lipinski definition) is 6. The number of nitrogens with zero attached hydrogens (tertiary/aromatic N) is 2. The van der Waals surface area contributed by atoms with Crippen LogP contribution in [0.2, 0.25) is 0 Å². The van der Waals surface area contributed by atoms with Crippen LogP contribution in [-0.2, 0) is 22.3 Å². The van der Waals surface area contributed by atoms with E-state index in [4.69, 9.17) is 0 Å². The van der Waals surface area contributed by atoms with E-state index in [0.29, 0.717) is 17.8 Å². The van der Waals surface area contributed by atoms with Gasteiger partial charge in [-0.2, -0.15) is 13.2 Å². The molecule has 1 saturated heterocycles. The van der Waals surface area contributed by atoms with Gasteiger partial charge in [-0.05, 0) is 43.2 Å². The zero-order valence-electron chi connectivity index (χ0n) is 17.7. The molecule has 2 aromatic rings. The second-order valence-corrected chi connectivity index (χ2v) is 8.13. The summed E-state index contributed by atoms with van der Waals surface area (Å²) in [5.41, 5.74) is -1.97. The lowest BCUT2D eigenvalue weighted by atomic mass is 9.89. The number of hydrogen-bond donors (Lipinski definition) is 2. The summed E-state index contributed by atoms with van der Waals surface area (Å²) in [7, 11) is 0. The molecule has 176 valence electrons. The quantitative estimate of drug-likeness (QED) is 0.654. The van der Waals surface area contributed by atoms with Crippen molar-refractivity contribution in [1.29, 1.82) is 0 Å². The second-order valence-electron chi connectivity index (χ2n) is 8.13. The molecule has 2 N–H and O–H groups in total. The van der Waals surface area contributed by atoms with E-state index in [-0.39, 0.29) is 36.1 Å². The van der Waals surface area contributed by atoms with E-state index in [9.17, 15) is 37.1 Å². The molecule has 2 aliphatic rings. The minimum atomic E-state index is -4.67.